The Morgan fingerprint density at radius 2 is 2.00 bits per heavy atom. The molecular weight excluding hydrogens is 190 g/mol. The zero-order valence-electron chi connectivity index (χ0n) is 9.39. The van der Waals surface area contributed by atoms with E-state index < -0.39 is 0 Å². The SMILES string of the molecule is CC(O)c1ccn(CCCCCCO)c1. The van der Waals surface area contributed by atoms with Crippen LogP contribution in [-0.4, -0.2) is 21.4 Å². The highest BCUT2D eigenvalue weighted by molar-refractivity contribution is 5.12. The molecule has 0 aromatic carbocycles. The first-order valence-corrected chi connectivity index (χ1v) is 5.68. The first kappa shape index (κ1) is 12.3. The molecule has 2 N–H and O–H groups in total. The van der Waals surface area contributed by atoms with Gasteiger partial charge in [-0.3, -0.25) is 0 Å². The summed E-state index contributed by atoms with van der Waals surface area (Å²) in [5.74, 6) is 0. The predicted octanol–water partition coefficient (Wildman–Crippen LogP) is 2.09. The normalized spacial score (nSPS) is 13.0. The van der Waals surface area contributed by atoms with Crippen molar-refractivity contribution in [3.63, 3.8) is 0 Å². The lowest BCUT2D eigenvalue weighted by Gasteiger charge is -2.03. The number of hydrogen-bond donors (Lipinski definition) is 2. The van der Waals surface area contributed by atoms with E-state index >= 15 is 0 Å². The molecule has 0 saturated carbocycles. The minimum absolute atomic E-state index is 0.301. The summed E-state index contributed by atoms with van der Waals surface area (Å²) in [5.41, 5.74) is 0.977. The van der Waals surface area contributed by atoms with E-state index in [4.69, 9.17) is 5.11 Å². The molecule has 1 unspecified atom stereocenters. The van der Waals surface area contributed by atoms with E-state index in [1.54, 1.807) is 6.92 Å². The first-order valence-electron chi connectivity index (χ1n) is 5.68. The Morgan fingerprint density at radius 1 is 1.27 bits per heavy atom. The van der Waals surface area contributed by atoms with Crippen molar-refractivity contribution in [3.8, 4) is 0 Å². The van der Waals surface area contributed by atoms with Gasteiger partial charge in [0.1, 0.15) is 0 Å². The van der Waals surface area contributed by atoms with Crippen molar-refractivity contribution in [1.29, 1.82) is 0 Å². The lowest BCUT2D eigenvalue weighted by molar-refractivity contribution is 0.199. The lowest BCUT2D eigenvalue weighted by Crippen LogP contribution is -1.95. The van der Waals surface area contributed by atoms with Crippen molar-refractivity contribution in [2.75, 3.05) is 6.61 Å². The molecule has 3 heteroatoms. The molecule has 1 heterocycles. The maximum atomic E-state index is 9.34. The summed E-state index contributed by atoms with van der Waals surface area (Å²) >= 11 is 0. The van der Waals surface area contributed by atoms with Gasteiger partial charge in [-0.05, 0) is 31.4 Å². The summed E-state index contributed by atoms with van der Waals surface area (Å²) in [6, 6.07) is 1.96. The molecule has 0 bridgehead atoms. The molecule has 1 atom stereocenters. The molecule has 0 aliphatic rings. The molecule has 0 saturated heterocycles. The minimum Gasteiger partial charge on any atom is -0.396 e. The Balaban J connectivity index is 2.20. The molecule has 0 spiro atoms. The Kier molecular flexibility index (Phi) is 5.43. The predicted molar refractivity (Wildman–Crippen MR) is 60.6 cm³/mol. The molecule has 1 rings (SSSR count). The van der Waals surface area contributed by atoms with Gasteiger partial charge in [0.15, 0.2) is 0 Å². The van der Waals surface area contributed by atoms with E-state index in [2.05, 4.69) is 4.57 Å². The van der Waals surface area contributed by atoms with Crippen LogP contribution in [0, 0.1) is 0 Å². The van der Waals surface area contributed by atoms with Gasteiger partial charge in [0, 0.05) is 25.5 Å². The quantitative estimate of drug-likeness (QED) is 0.678. The summed E-state index contributed by atoms with van der Waals surface area (Å²) in [6.07, 6.45) is 7.92. The highest BCUT2D eigenvalue weighted by Crippen LogP contribution is 2.12. The molecule has 0 aliphatic heterocycles. The van der Waals surface area contributed by atoms with Crippen LogP contribution in [0.3, 0.4) is 0 Å². The van der Waals surface area contributed by atoms with Crippen molar-refractivity contribution in [1.82, 2.24) is 4.57 Å². The molecule has 0 fully saturated rings. The number of hydrogen-bond acceptors (Lipinski definition) is 2. The fourth-order valence-corrected chi connectivity index (χ4v) is 1.61. The van der Waals surface area contributed by atoms with E-state index in [0.29, 0.717) is 6.61 Å². The van der Waals surface area contributed by atoms with Gasteiger partial charge in [-0.15, -0.1) is 0 Å². The second-order valence-electron chi connectivity index (χ2n) is 4.00. The van der Waals surface area contributed by atoms with Gasteiger partial charge in [-0.25, -0.2) is 0 Å². The topological polar surface area (TPSA) is 45.4 Å². The van der Waals surface area contributed by atoms with Crippen molar-refractivity contribution in [3.05, 3.63) is 24.0 Å². The average molecular weight is 211 g/mol. The van der Waals surface area contributed by atoms with Crippen molar-refractivity contribution in [2.24, 2.45) is 0 Å². The number of nitrogens with zero attached hydrogens (tertiary/aromatic N) is 1. The molecule has 3 nitrogen and oxygen atoms in total. The van der Waals surface area contributed by atoms with Crippen LogP contribution in [0.4, 0.5) is 0 Å². The van der Waals surface area contributed by atoms with Gasteiger partial charge in [-0.2, -0.15) is 0 Å². The minimum atomic E-state index is -0.374. The standard InChI is InChI=1S/C12H21NO2/c1-11(15)12-6-8-13(10-12)7-4-2-3-5-9-14/h6,8,10-11,14-15H,2-5,7,9H2,1H3. The summed E-state index contributed by atoms with van der Waals surface area (Å²) in [7, 11) is 0. The van der Waals surface area contributed by atoms with Crippen LogP contribution in [-0.2, 0) is 6.54 Å². The largest absolute Gasteiger partial charge is 0.396 e. The van der Waals surface area contributed by atoms with E-state index in [9.17, 15) is 5.11 Å². The molecular formula is C12H21NO2. The summed E-state index contributed by atoms with van der Waals surface area (Å²) in [4.78, 5) is 0. The third-order valence-electron chi connectivity index (χ3n) is 2.58. The molecule has 86 valence electrons. The van der Waals surface area contributed by atoms with Crippen LogP contribution in [0.2, 0.25) is 0 Å². The number of rotatable bonds is 7. The van der Waals surface area contributed by atoms with Gasteiger partial charge >= 0.3 is 0 Å². The van der Waals surface area contributed by atoms with Gasteiger partial charge < -0.3 is 14.8 Å². The summed E-state index contributed by atoms with van der Waals surface area (Å²) in [5, 5.41) is 18.0. The molecule has 0 amide bonds. The Morgan fingerprint density at radius 3 is 2.60 bits per heavy atom. The van der Waals surface area contributed by atoms with Crippen molar-refractivity contribution < 1.29 is 10.2 Å². The van der Waals surface area contributed by atoms with Gasteiger partial charge in [-0.1, -0.05) is 12.8 Å². The zero-order valence-corrected chi connectivity index (χ0v) is 9.39. The maximum Gasteiger partial charge on any atom is 0.0776 e. The smallest absolute Gasteiger partial charge is 0.0776 e. The van der Waals surface area contributed by atoms with Crippen molar-refractivity contribution >= 4 is 0 Å². The van der Waals surface area contributed by atoms with Gasteiger partial charge in [0.05, 0.1) is 6.10 Å². The summed E-state index contributed by atoms with van der Waals surface area (Å²) < 4.78 is 2.11. The highest BCUT2D eigenvalue weighted by atomic mass is 16.3. The molecule has 0 aliphatic carbocycles. The molecule has 1 aromatic rings. The van der Waals surface area contributed by atoms with Gasteiger partial charge in [0.2, 0.25) is 0 Å². The van der Waals surface area contributed by atoms with E-state index in [0.717, 1.165) is 37.8 Å². The van der Waals surface area contributed by atoms with Crippen LogP contribution in [0.25, 0.3) is 0 Å². The monoisotopic (exact) mass is 211 g/mol. The van der Waals surface area contributed by atoms with E-state index in [-0.39, 0.29) is 6.10 Å². The van der Waals surface area contributed by atoms with Crippen LogP contribution < -0.4 is 0 Å². The fourth-order valence-electron chi connectivity index (χ4n) is 1.61. The number of unbranched alkanes of at least 4 members (excludes halogenated alkanes) is 3. The summed E-state index contributed by atoms with van der Waals surface area (Å²) in [6.45, 7) is 3.08. The number of aliphatic hydroxyl groups excluding tert-OH is 2. The van der Waals surface area contributed by atoms with Crippen molar-refractivity contribution in [2.45, 2.75) is 45.3 Å². The number of aromatic nitrogens is 1. The van der Waals surface area contributed by atoms with Crippen LogP contribution >= 0.6 is 0 Å². The average Bonchev–Trinajstić information content (AvgIpc) is 2.66. The van der Waals surface area contributed by atoms with Crippen LogP contribution in [0.15, 0.2) is 18.5 Å². The first-order chi connectivity index (χ1) is 7.24. The number of aliphatic hydroxyl groups is 2. The third-order valence-corrected chi connectivity index (χ3v) is 2.58. The van der Waals surface area contributed by atoms with Gasteiger partial charge in [0.25, 0.3) is 0 Å². The Hall–Kier alpha value is -0.800. The molecule has 0 radical (unpaired) electrons. The number of aryl methyl sites for hydroxylation is 1. The Bertz CT molecular complexity index is 268. The lowest BCUT2D eigenvalue weighted by atomic mass is 10.2. The van der Waals surface area contributed by atoms with E-state index in [1.165, 1.54) is 0 Å². The van der Waals surface area contributed by atoms with E-state index in [1.807, 2.05) is 18.5 Å². The third kappa shape index (κ3) is 4.49. The molecule has 1 aromatic heterocycles. The zero-order chi connectivity index (χ0) is 11.1. The van der Waals surface area contributed by atoms with Crippen LogP contribution in [0.1, 0.15) is 44.3 Å². The second-order valence-corrected chi connectivity index (χ2v) is 4.00. The molecule has 15 heavy (non-hydrogen) atoms. The second kappa shape index (κ2) is 6.64. The maximum absolute atomic E-state index is 9.34. The Labute approximate surface area is 91.4 Å². The van der Waals surface area contributed by atoms with Crippen LogP contribution in [0.5, 0.6) is 0 Å². The highest BCUT2D eigenvalue weighted by Gasteiger charge is 2.01. The fraction of sp³-hybridized carbons (Fsp3) is 0.667.